The minimum absolute atomic E-state index is 0.336. The molecule has 1 aromatic heterocycles. The molecule has 1 N–H and O–H groups in total. The Hall–Kier alpha value is -1.46. The van der Waals surface area contributed by atoms with Crippen LogP contribution >= 0.6 is 22.9 Å². The first-order chi connectivity index (χ1) is 11.1. The monoisotopic (exact) mass is 350 g/mol. The van der Waals surface area contributed by atoms with Gasteiger partial charge in [-0.05, 0) is 55.2 Å². The van der Waals surface area contributed by atoms with Gasteiger partial charge in [0.15, 0.2) is 0 Å². The lowest BCUT2D eigenvalue weighted by Crippen LogP contribution is -2.19. The van der Waals surface area contributed by atoms with Gasteiger partial charge in [-0.1, -0.05) is 18.0 Å². The van der Waals surface area contributed by atoms with Crippen LogP contribution in [-0.4, -0.2) is 12.1 Å². The average molecular weight is 351 g/mol. The number of halogens is 2. The lowest BCUT2D eigenvalue weighted by atomic mass is 9.90. The summed E-state index contributed by atoms with van der Waals surface area (Å²) in [6.07, 6.45) is 6.99. The Morgan fingerprint density at radius 3 is 3.00 bits per heavy atom. The van der Waals surface area contributed by atoms with Crippen molar-refractivity contribution in [1.82, 2.24) is 5.43 Å². The van der Waals surface area contributed by atoms with Crippen LogP contribution in [-0.2, 0) is 0 Å². The van der Waals surface area contributed by atoms with Gasteiger partial charge >= 0.3 is 0 Å². The van der Waals surface area contributed by atoms with E-state index in [9.17, 15) is 9.18 Å². The van der Waals surface area contributed by atoms with Crippen molar-refractivity contribution in [2.24, 2.45) is 22.9 Å². The van der Waals surface area contributed by atoms with Gasteiger partial charge in [-0.15, -0.1) is 11.3 Å². The summed E-state index contributed by atoms with van der Waals surface area (Å²) < 4.78 is 13.9. The Kier molecular flexibility index (Phi) is 3.85. The zero-order valence-electron chi connectivity index (χ0n) is 12.4. The normalized spacial score (nSPS) is 26.4. The van der Waals surface area contributed by atoms with Crippen LogP contribution in [0.4, 0.5) is 4.39 Å². The minimum Gasteiger partial charge on any atom is -0.266 e. The van der Waals surface area contributed by atoms with Crippen LogP contribution in [0.15, 0.2) is 23.3 Å². The van der Waals surface area contributed by atoms with Crippen molar-refractivity contribution in [3.05, 3.63) is 33.9 Å². The molecule has 1 amide bonds. The number of hydrazone groups is 1. The molecule has 2 fully saturated rings. The van der Waals surface area contributed by atoms with Gasteiger partial charge in [0.25, 0.3) is 5.91 Å². The predicted octanol–water partition coefficient (Wildman–Crippen LogP) is 4.85. The highest BCUT2D eigenvalue weighted by atomic mass is 35.5. The molecular formula is C17H16ClFN2OS. The number of nitrogens with one attached hydrogen (secondary N) is 1. The maximum absolute atomic E-state index is 13.3. The lowest BCUT2D eigenvalue weighted by molar-refractivity contribution is 0.0959. The minimum atomic E-state index is -0.337. The van der Waals surface area contributed by atoms with E-state index in [0.29, 0.717) is 25.9 Å². The summed E-state index contributed by atoms with van der Waals surface area (Å²) in [6.45, 7) is 0. The van der Waals surface area contributed by atoms with Crippen molar-refractivity contribution < 1.29 is 9.18 Å². The lowest BCUT2D eigenvalue weighted by Gasteiger charge is -2.16. The molecule has 120 valence electrons. The van der Waals surface area contributed by atoms with Crippen molar-refractivity contribution in [2.75, 3.05) is 0 Å². The number of rotatable bonds is 3. The number of amides is 1. The Morgan fingerprint density at radius 1 is 1.39 bits per heavy atom. The van der Waals surface area contributed by atoms with E-state index in [0.717, 1.165) is 11.8 Å². The van der Waals surface area contributed by atoms with Crippen molar-refractivity contribution >= 4 is 45.1 Å². The molecule has 3 atom stereocenters. The van der Waals surface area contributed by atoms with Gasteiger partial charge in [-0.2, -0.15) is 5.10 Å². The summed E-state index contributed by atoms with van der Waals surface area (Å²) in [5.41, 5.74) is 2.56. The van der Waals surface area contributed by atoms with Gasteiger partial charge in [-0.3, -0.25) is 4.79 Å². The Morgan fingerprint density at radius 2 is 2.26 bits per heavy atom. The molecule has 2 aliphatic rings. The molecule has 0 radical (unpaired) electrons. The highest BCUT2D eigenvalue weighted by Crippen LogP contribution is 2.47. The van der Waals surface area contributed by atoms with E-state index in [1.807, 2.05) is 6.21 Å². The summed E-state index contributed by atoms with van der Waals surface area (Å²) in [5, 5.41) is 5.18. The predicted molar refractivity (Wildman–Crippen MR) is 91.7 cm³/mol. The molecule has 1 heterocycles. The average Bonchev–Trinajstić information content (AvgIpc) is 3.22. The molecule has 4 rings (SSSR count). The number of thiophene rings is 1. The van der Waals surface area contributed by atoms with Gasteiger partial charge in [0.2, 0.25) is 0 Å². The zero-order valence-corrected chi connectivity index (χ0v) is 14.0. The van der Waals surface area contributed by atoms with Crippen LogP contribution < -0.4 is 5.43 Å². The van der Waals surface area contributed by atoms with Crippen molar-refractivity contribution in [2.45, 2.75) is 25.7 Å². The Labute approximate surface area is 142 Å². The van der Waals surface area contributed by atoms with Crippen LogP contribution in [0.3, 0.4) is 0 Å². The van der Waals surface area contributed by atoms with Crippen LogP contribution in [0.5, 0.6) is 0 Å². The third kappa shape index (κ3) is 2.76. The smallest absolute Gasteiger partial charge is 0.266 e. The number of benzene rings is 1. The molecular weight excluding hydrogens is 335 g/mol. The third-order valence-electron chi connectivity index (χ3n) is 5.02. The number of nitrogens with zero attached hydrogens (tertiary/aromatic N) is 1. The van der Waals surface area contributed by atoms with E-state index < -0.39 is 0 Å². The number of carbonyl (C=O) groups is 1. The number of hydrogen-bond acceptors (Lipinski definition) is 3. The highest BCUT2D eigenvalue weighted by Gasteiger charge is 2.38. The van der Waals surface area contributed by atoms with Gasteiger partial charge in [0.1, 0.15) is 10.7 Å². The SMILES string of the molecule is O=C(N/N=C\[C@H]1C[C@H]2CC[C@@H]1C2)c1sc2cc(F)ccc2c1Cl. The van der Waals surface area contributed by atoms with E-state index >= 15 is 0 Å². The number of carbonyl (C=O) groups excluding carboxylic acids is 1. The van der Waals surface area contributed by atoms with Gasteiger partial charge < -0.3 is 0 Å². The van der Waals surface area contributed by atoms with Gasteiger partial charge in [-0.25, -0.2) is 9.82 Å². The van der Waals surface area contributed by atoms with E-state index in [1.54, 1.807) is 6.07 Å². The van der Waals surface area contributed by atoms with Crippen LogP contribution in [0, 0.1) is 23.6 Å². The summed E-state index contributed by atoms with van der Waals surface area (Å²) in [4.78, 5) is 12.6. The fourth-order valence-electron chi connectivity index (χ4n) is 3.90. The zero-order chi connectivity index (χ0) is 16.0. The number of hydrogen-bond donors (Lipinski definition) is 1. The molecule has 3 nitrogen and oxygen atoms in total. The molecule has 0 unspecified atom stereocenters. The summed E-state index contributed by atoms with van der Waals surface area (Å²) in [5.74, 6) is 1.39. The molecule has 2 saturated carbocycles. The molecule has 23 heavy (non-hydrogen) atoms. The maximum Gasteiger partial charge on any atom is 0.282 e. The quantitative estimate of drug-likeness (QED) is 0.624. The molecule has 0 saturated heterocycles. The van der Waals surface area contributed by atoms with Crippen LogP contribution in [0.2, 0.25) is 5.02 Å². The molecule has 2 bridgehead atoms. The van der Waals surface area contributed by atoms with Crippen molar-refractivity contribution in [1.29, 1.82) is 0 Å². The third-order valence-corrected chi connectivity index (χ3v) is 6.68. The first-order valence-corrected chi connectivity index (χ1v) is 9.02. The second-order valence-electron chi connectivity index (χ2n) is 6.44. The van der Waals surface area contributed by atoms with E-state index in [2.05, 4.69) is 10.5 Å². The van der Waals surface area contributed by atoms with E-state index in [1.165, 1.54) is 49.2 Å². The fraction of sp³-hybridized carbons (Fsp3) is 0.412. The largest absolute Gasteiger partial charge is 0.282 e. The van der Waals surface area contributed by atoms with Crippen molar-refractivity contribution in [3.63, 3.8) is 0 Å². The molecule has 0 spiro atoms. The first kappa shape index (κ1) is 15.1. The second kappa shape index (κ2) is 5.87. The molecule has 2 aromatic rings. The second-order valence-corrected chi connectivity index (χ2v) is 7.87. The summed E-state index contributed by atoms with van der Waals surface area (Å²) >= 11 is 7.42. The molecule has 2 aliphatic carbocycles. The standard InChI is InChI=1S/C17H16ClFN2OS/c18-15-13-4-3-12(19)7-14(13)23-16(15)17(22)21-20-8-11-6-9-1-2-10(11)5-9/h3-4,7-11H,1-2,5-6H2,(H,21,22)/b20-8-/t9-,10+,11+/m0/s1. The molecule has 6 heteroatoms. The fourth-order valence-corrected chi connectivity index (χ4v) is 5.34. The van der Waals surface area contributed by atoms with Gasteiger partial charge in [0.05, 0.1) is 5.02 Å². The van der Waals surface area contributed by atoms with E-state index in [4.69, 9.17) is 11.6 Å². The van der Waals surface area contributed by atoms with E-state index in [-0.39, 0.29) is 11.7 Å². The summed E-state index contributed by atoms with van der Waals surface area (Å²) in [6, 6.07) is 4.33. The number of fused-ring (bicyclic) bond motifs is 3. The van der Waals surface area contributed by atoms with Gasteiger partial charge in [0, 0.05) is 16.3 Å². The topological polar surface area (TPSA) is 41.5 Å². The highest BCUT2D eigenvalue weighted by molar-refractivity contribution is 7.21. The first-order valence-electron chi connectivity index (χ1n) is 7.83. The van der Waals surface area contributed by atoms with Crippen LogP contribution in [0.1, 0.15) is 35.4 Å². The summed E-state index contributed by atoms with van der Waals surface area (Å²) in [7, 11) is 0. The molecule has 0 aliphatic heterocycles. The Balaban J connectivity index is 1.48. The van der Waals surface area contributed by atoms with Crippen LogP contribution in [0.25, 0.3) is 10.1 Å². The van der Waals surface area contributed by atoms with Crippen molar-refractivity contribution in [3.8, 4) is 0 Å². The molecule has 1 aromatic carbocycles. The maximum atomic E-state index is 13.3. The Bertz CT molecular complexity index is 803.